The van der Waals surface area contributed by atoms with Gasteiger partial charge in [0.05, 0.1) is 12.0 Å². The Labute approximate surface area is 103 Å². The fraction of sp³-hybridized carbons (Fsp3) is 0.769. The van der Waals surface area contributed by atoms with Gasteiger partial charge in [0.1, 0.15) is 0 Å². The molecule has 0 atom stereocenters. The first-order valence-corrected chi connectivity index (χ1v) is 6.70. The average Bonchev–Trinajstić information content (AvgIpc) is 3.06. The number of hydrogen-bond donors (Lipinski definition) is 1. The first kappa shape index (κ1) is 12.6. The van der Waals surface area contributed by atoms with Gasteiger partial charge in [-0.25, -0.2) is 4.98 Å². The number of nitrogens with zero attached hydrogens (tertiary/aromatic N) is 2. The number of aryl methyl sites for hydroxylation is 1. The van der Waals surface area contributed by atoms with Crippen LogP contribution in [-0.4, -0.2) is 28.8 Å². The van der Waals surface area contributed by atoms with Crippen molar-refractivity contribution in [3.05, 3.63) is 18.2 Å². The fourth-order valence-corrected chi connectivity index (χ4v) is 1.82. The van der Waals surface area contributed by atoms with Crippen molar-refractivity contribution in [1.29, 1.82) is 0 Å². The van der Waals surface area contributed by atoms with Crippen LogP contribution in [-0.2, 0) is 17.8 Å². The van der Waals surface area contributed by atoms with Crippen LogP contribution in [0.4, 0.5) is 0 Å². The Morgan fingerprint density at radius 1 is 1.47 bits per heavy atom. The van der Waals surface area contributed by atoms with Gasteiger partial charge in [0.2, 0.25) is 0 Å². The summed E-state index contributed by atoms with van der Waals surface area (Å²) < 4.78 is 7.71. The summed E-state index contributed by atoms with van der Waals surface area (Å²) in [6.45, 7) is 5.81. The third-order valence-corrected chi connectivity index (χ3v) is 2.98. The predicted molar refractivity (Wildman–Crippen MR) is 67.8 cm³/mol. The first-order chi connectivity index (χ1) is 8.40. The molecule has 96 valence electrons. The van der Waals surface area contributed by atoms with Crippen LogP contribution in [0, 0.1) is 0 Å². The van der Waals surface area contributed by atoms with Gasteiger partial charge in [0.25, 0.3) is 0 Å². The first-order valence-electron chi connectivity index (χ1n) is 6.70. The number of hydrogen-bond acceptors (Lipinski definition) is 3. The summed E-state index contributed by atoms with van der Waals surface area (Å²) in [5, 5.41) is 3.52. The maximum Gasteiger partial charge on any atom is 0.0948 e. The van der Waals surface area contributed by atoms with E-state index in [-0.39, 0.29) is 0 Å². The molecule has 1 saturated carbocycles. The molecule has 1 fully saturated rings. The Morgan fingerprint density at radius 3 is 3.12 bits per heavy atom. The smallest absolute Gasteiger partial charge is 0.0948 e. The monoisotopic (exact) mass is 237 g/mol. The normalized spacial score (nSPS) is 15.4. The molecule has 1 aromatic heterocycles. The molecule has 0 bridgehead atoms. The summed E-state index contributed by atoms with van der Waals surface area (Å²) in [7, 11) is 0. The molecule has 1 heterocycles. The lowest BCUT2D eigenvalue weighted by Crippen LogP contribution is -2.18. The van der Waals surface area contributed by atoms with Crippen molar-refractivity contribution in [2.75, 3.05) is 13.2 Å². The molecule has 2 rings (SSSR count). The fourth-order valence-electron chi connectivity index (χ4n) is 1.82. The molecule has 0 saturated heterocycles. The molecule has 0 spiro atoms. The predicted octanol–water partition coefficient (Wildman–Crippen LogP) is 1.95. The van der Waals surface area contributed by atoms with Gasteiger partial charge in [-0.15, -0.1) is 0 Å². The Hall–Kier alpha value is -0.870. The third-order valence-electron chi connectivity index (χ3n) is 2.98. The second kappa shape index (κ2) is 6.77. The van der Waals surface area contributed by atoms with Gasteiger partial charge in [-0.3, -0.25) is 0 Å². The van der Waals surface area contributed by atoms with Crippen LogP contribution < -0.4 is 5.32 Å². The molecule has 1 aliphatic carbocycles. The van der Waals surface area contributed by atoms with E-state index in [1.165, 1.54) is 18.5 Å². The number of imidazole rings is 1. The van der Waals surface area contributed by atoms with Gasteiger partial charge in [-0.1, -0.05) is 6.92 Å². The van der Waals surface area contributed by atoms with Gasteiger partial charge in [0.15, 0.2) is 0 Å². The largest absolute Gasteiger partial charge is 0.381 e. The molecular weight excluding hydrogens is 214 g/mol. The van der Waals surface area contributed by atoms with Crippen LogP contribution in [0.2, 0.25) is 0 Å². The van der Waals surface area contributed by atoms with E-state index in [2.05, 4.69) is 21.8 Å². The molecule has 0 aliphatic heterocycles. The Kier molecular flexibility index (Phi) is 5.01. The van der Waals surface area contributed by atoms with Crippen molar-refractivity contribution in [3.8, 4) is 0 Å². The topological polar surface area (TPSA) is 39.1 Å². The number of nitrogens with one attached hydrogen (secondary N) is 1. The average molecular weight is 237 g/mol. The highest BCUT2D eigenvalue weighted by molar-refractivity contribution is 4.99. The van der Waals surface area contributed by atoms with Gasteiger partial charge in [-0.2, -0.15) is 0 Å². The highest BCUT2D eigenvalue weighted by Crippen LogP contribution is 2.19. The van der Waals surface area contributed by atoms with Crippen LogP contribution in [0.1, 0.15) is 38.3 Å². The third kappa shape index (κ3) is 4.48. The van der Waals surface area contributed by atoms with Crippen LogP contribution in [0.3, 0.4) is 0 Å². The van der Waals surface area contributed by atoms with Crippen molar-refractivity contribution in [1.82, 2.24) is 14.9 Å². The van der Waals surface area contributed by atoms with E-state index in [1.807, 2.05) is 12.5 Å². The zero-order valence-corrected chi connectivity index (χ0v) is 10.7. The summed E-state index contributed by atoms with van der Waals surface area (Å²) in [5.41, 5.74) is 1.28. The second-order valence-corrected chi connectivity index (χ2v) is 4.70. The Balaban J connectivity index is 1.66. The van der Waals surface area contributed by atoms with Crippen LogP contribution in [0.15, 0.2) is 12.5 Å². The zero-order valence-electron chi connectivity index (χ0n) is 10.7. The standard InChI is InChI=1S/C13H23N3O/c1-2-7-17-8-3-6-16-11-14-9-13(16)10-15-12-4-5-12/h9,11-12,15H,2-8,10H2,1H3. The minimum Gasteiger partial charge on any atom is -0.381 e. The van der Waals surface area contributed by atoms with Crippen molar-refractivity contribution >= 4 is 0 Å². The van der Waals surface area contributed by atoms with Crippen molar-refractivity contribution in [2.45, 2.75) is 51.7 Å². The van der Waals surface area contributed by atoms with E-state index in [0.717, 1.165) is 45.2 Å². The molecule has 4 nitrogen and oxygen atoms in total. The summed E-state index contributed by atoms with van der Waals surface area (Å²) in [6, 6.07) is 0.756. The maximum atomic E-state index is 5.48. The SMILES string of the molecule is CCCOCCCn1cncc1CNC1CC1. The zero-order chi connectivity index (χ0) is 11.9. The molecular formula is C13H23N3O. The van der Waals surface area contributed by atoms with Crippen LogP contribution >= 0.6 is 0 Å². The van der Waals surface area contributed by atoms with E-state index in [4.69, 9.17) is 4.74 Å². The van der Waals surface area contributed by atoms with E-state index in [0.29, 0.717) is 0 Å². The van der Waals surface area contributed by atoms with Crippen LogP contribution in [0.25, 0.3) is 0 Å². The molecule has 0 amide bonds. The molecule has 0 aromatic carbocycles. The van der Waals surface area contributed by atoms with E-state index >= 15 is 0 Å². The summed E-state index contributed by atoms with van der Waals surface area (Å²) in [6.07, 6.45) is 8.71. The van der Waals surface area contributed by atoms with E-state index in [9.17, 15) is 0 Å². The summed E-state index contributed by atoms with van der Waals surface area (Å²) >= 11 is 0. The lowest BCUT2D eigenvalue weighted by molar-refractivity contribution is 0.129. The highest BCUT2D eigenvalue weighted by Gasteiger charge is 2.20. The lowest BCUT2D eigenvalue weighted by Gasteiger charge is -2.09. The molecule has 17 heavy (non-hydrogen) atoms. The highest BCUT2D eigenvalue weighted by atomic mass is 16.5. The van der Waals surface area contributed by atoms with Gasteiger partial charge >= 0.3 is 0 Å². The minimum atomic E-state index is 0.756. The number of ether oxygens (including phenoxy) is 1. The Bertz CT molecular complexity index is 320. The minimum absolute atomic E-state index is 0.756. The molecule has 1 aromatic rings. The lowest BCUT2D eigenvalue weighted by atomic mass is 10.4. The second-order valence-electron chi connectivity index (χ2n) is 4.70. The molecule has 0 radical (unpaired) electrons. The number of aromatic nitrogens is 2. The van der Waals surface area contributed by atoms with Crippen molar-refractivity contribution in [2.24, 2.45) is 0 Å². The van der Waals surface area contributed by atoms with E-state index < -0.39 is 0 Å². The maximum absolute atomic E-state index is 5.48. The van der Waals surface area contributed by atoms with E-state index in [1.54, 1.807) is 0 Å². The van der Waals surface area contributed by atoms with Gasteiger partial charge < -0.3 is 14.6 Å². The van der Waals surface area contributed by atoms with Crippen LogP contribution in [0.5, 0.6) is 0 Å². The molecule has 4 heteroatoms. The summed E-state index contributed by atoms with van der Waals surface area (Å²) in [4.78, 5) is 4.22. The quantitative estimate of drug-likeness (QED) is 0.667. The van der Waals surface area contributed by atoms with Gasteiger partial charge in [-0.05, 0) is 25.7 Å². The molecule has 1 N–H and O–H groups in total. The van der Waals surface area contributed by atoms with Crippen molar-refractivity contribution in [3.63, 3.8) is 0 Å². The Morgan fingerprint density at radius 2 is 2.35 bits per heavy atom. The molecule has 0 unspecified atom stereocenters. The van der Waals surface area contributed by atoms with Gasteiger partial charge in [0, 0.05) is 38.5 Å². The van der Waals surface area contributed by atoms with Crippen molar-refractivity contribution < 1.29 is 4.74 Å². The molecule has 1 aliphatic rings. The summed E-state index contributed by atoms with van der Waals surface area (Å²) in [5.74, 6) is 0. The number of rotatable bonds is 9.